The van der Waals surface area contributed by atoms with Gasteiger partial charge >= 0.3 is 0 Å². The van der Waals surface area contributed by atoms with Crippen LogP contribution in [0.2, 0.25) is 0 Å². The van der Waals surface area contributed by atoms with E-state index in [0.717, 1.165) is 11.1 Å². The van der Waals surface area contributed by atoms with Gasteiger partial charge in [-0.1, -0.05) is 57.2 Å². The molecular weight excluding hydrogens is 327 g/mol. The maximum atomic E-state index is 14.8. The third kappa shape index (κ3) is 3.36. The van der Waals surface area contributed by atoms with Crippen molar-refractivity contribution in [2.75, 3.05) is 0 Å². The molecule has 2 N–H and O–H groups in total. The zero-order valence-electron chi connectivity index (χ0n) is 15.1. The van der Waals surface area contributed by atoms with E-state index in [-0.39, 0.29) is 16.8 Å². The number of hydrogen-bond donors (Lipinski definition) is 1. The van der Waals surface area contributed by atoms with Gasteiger partial charge in [0.15, 0.2) is 0 Å². The number of primary amides is 1. The molecule has 26 heavy (non-hydrogen) atoms. The zero-order chi connectivity index (χ0) is 18.9. The number of carbonyl (C=O) groups excluding carboxylic acids is 1. The van der Waals surface area contributed by atoms with Gasteiger partial charge in [0, 0.05) is 17.3 Å². The van der Waals surface area contributed by atoms with Gasteiger partial charge in [-0.3, -0.25) is 9.78 Å². The van der Waals surface area contributed by atoms with E-state index >= 15 is 0 Å². The normalized spacial score (nSPS) is 11.4. The summed E-state index contributed by atoms with van der Waals surface area (Å²) in [4.78, 5) is 16.1. The molecule has 0 aliphatic rings. The van der Waals surface area contributed by atoms with Gasteiger partial charge in [-0.25, -0.2) is 4.39 Å². The predicted molar refractivity (Wildman–Crippen MR) is 102 cm³/mol. The predicted octanol–water partition coefficient (Wildman–Crippen LogP) is 4.95. The minimum Gasteiger partial charge on any atom is -0.366 e. The molecule has 4 heteroatoms. The monoisotopic (exact) mass is 348 g/mol. The summed E-state index contributed by atoms with van der Waals surface area (Å²) in [5.74, 6) is -0.957. The van der Waals surface area contributed by atoms with Crippen LogP contribution in [0.1, 0.15) is 36.7 Å². The van der Waals surface area contributed by atoms with E-state index < -0.39 is 5.91 Å². The summed E-state index contributed by atoms with van der Waals surface area (Å²) in [6, 6.07) is 15.8. The van der Waals surface area contributed by atoms with Crippen molar-refractivity contribution in [3.63, 3.8) is 0 Å². The Morgan fingerprint density at radius 2 is 1.77 bits per heavy atom. The van der Waals surface area contributed by atoms with E-state index in [1.54, 1.807) is 30.5 Å². The van der Waals surface area contributed by atoms with Gasteiger partial charge in [0.1, 0.15) is 5.82 Å². The highest BCUT2D eigenvalue weighted by Crippen LogP contribution is 2.36. The van der Waals surface area contributed by atoms with Crippen molar-refractivity contribution in [2.24, 2.45) is 5.73 Å². The van der Waals surface area contributed by atoms with Crippen molar-refractivity contribution in [2.45, 2.75) is 26.2 Å². The molecule has 3 rings (SSSR count). The van der Waals surface area contributed by atoms with E-state index in [2.05, 4.69) is 25.8 Å². The van der Waals surface area contributed by atoms with Crippen LogP contribution in [0.25, 0.3) is 22.4 Å². The fourth-order valence-corrected chi connectivity index (χ4v) is 2.97. The van der Waals surface area contributed by atoms with E-state index in [1.807, 2.05) is 24.3 Å². The van der Waals surface area contributed by atoms with Crippen LogP contribution in [-0.4, -0.2) is 10.9 Å². The van der Waals surface area contributed by atoms with E-state index in [9.17, 15) is 9.18 Å². The van der Waals surface area contributed by atoms with Crippen LogP contribution in [-0.2, 0) is 5.41 Å². The lowest BCUT2D eigenvalue weighted by atomic mass is 9.84. The molecule has 132 valence electrons. The molecule has 0 saturated carbocycles. The van der Waals surface area contributed by atoms with Crippen molar-refractivity contribution in [3.05, 3.63) is 77.7 Å². The minimum atomic E-state index is -0.591. The fourth-order valence-electron chi connectivity index (χ4n) is 2.97. The molecular formula is C22H21FN2O. The number of aromatic nitrogens is 1. The number of pyridine rings is 1. The van der Waals surface area contributed by atoms with Gasteiger partial charge in [-0.2, -0.15) is 0 Å². The maximum absolute atomic E-state index is 14.8. The van der Waals surface area contributed by atoms with Gasteiger partial charge < -0.3 is 5.73 Å². The second-order valence-corrected chi connectivity index (χ2v) is 7.26. The summed E-state index contributed by atoms with van der Waals surface area (Å²) in [5, 5.41) is 0. The molecule has 0 aliphatic carbocycles. The average molecular weight is 348 g/mol. The van der Waals surface area contributed by atoms with Gasteiger partial charge in [0.05, 0.1) is 11.3 Å². The first-order chi connectivity index (χ1) is 12.3. The minimum absolute atomic E-state index is 0.0647. The Bertz CT molecular complexity index is 974. The van der Waals surface area contributed by atoms with Crippen LogP contribution in [0.3, 0.4) is 0 Å². The number of carbonyl (C=O) groups is 1. The molecule has 0 aliphatic heterocycles. The van der Waals surface area contributed by atoms with Crippen LogP contribution < -0.4 is 5.73 Å². The molecule has 3 nitrogen and oxygen atoms in total. The lowest BCUT2D eigenvalue weighted by Gasteiger charge is -2.20. The van der Waals surface area contributed by atoms with Gasteiger partial charge in [0.2, 0.25) is 0 Å². The molecule has 3 aromatic rings. The molecule has 0 spiro atoms. The zero-order valence-corrected chi connectivity index (χ0v) is 15.1. The Labute approximate surface area is 152 Å². The van der Waals surface area contributed by atoms with E-state index in [0.29, 0.717) is 16.8 Å². The standard InChI is InChI=1S/C22H21FN2O/c1-22(2,3)15-8-4-7-14(13-15)19-16(9-5-11-18(19)23)20-17(21(24)26)10-6-12-25-20/h4-13H,1-3H3,(H2,24,26). The molecule has 0 unspecified atom stereocenters. The third-order valence-corrected chi connectivity index (χ3v) is 4.36. The molecule has 1 aromatic heterocycles. The quantitative estimate of drug-likeness (QED) is 0.728. The summed E-state index contributed by atoms with van der Waals surface area (Å²) in [7, 11) is 0. The highest BCUT2D eigenvalue weighted by molar-refractivity contribution is 6.00. The highest BCUT2D eigenvalue weighted by Gasteiger charge is 2.20. The smallest absolute Gasteiger partial charge is 0.250 e. The van der Waals surface area contributed by atoms with Gasteiger partial charge in [-0.15, -0.1) is 0 Å². The topological polar surface area (TPSA) is 56.0 Å². The number of nitrogens with two attached hydrogens (primary N) is 1. The van der Waals surface area contributed by atoms with Crippen LogP contribution in [0.4, 0.5) is 4.39 Å². The molecule has 1 heterocycles. The van der Waals surface area contributed by atoms with Crippen LogP contribution in [0.15, 0.2) is 60.8 Å². The lowest BCUT2D eigenvalue weighted by molar-refractivity contribution is 0.100. The second-order valence-electron chi connectivity index (χ2n) is 7.26. The first-order valence-corrected chi connectivity index (χ1v) is 8.43. The van der Waals surface area contributed by atoms with Crippen molar-refractivity contribution < 1.29 is 9.18 Å². The Morgan fingerprint density at radius 3 is 2.46 bits per heavy atom. The van der Waals surface area contributed by atoms with Crippen molar-refractivity contribution >= 4 is 5.91 Å². The Morgan fingerprint density at radius 1 is 1.04 bits per heavy atom. The number of benzene rings is 2. The summed E-state index contributed by atoms with van der Waals surface area (Å²) >= 11 is 0. The molecule has 1 amide bonds. The summed E-state index contributed by atoms with van der Waals surface area (Å²) in [6.07, 6.45) is 1.57. The SMILES string of the molecule is CC(C)(C)c1cccc(-c2c(F)cccc2-c2ncccc2C(N)=O)c1. The first-order valence-electron chi connectivity index (χ1n) is 8.43. The van der Waals surface area contributed by atoms with Gasteiger partial charge in [-0.05, 0) is 34.7 Å². The van der Waals surface area contributed by atoms with Crippen molar-refractivity contribution in [3.8, 4) is 22.4 Å². The molecule has 0 bridgehead atoms. The highest BCUT2D eigenvalue weighted by atomic mass is 19.1. The molecule has 2 aromatic carbocycles. The fraction of sp³-hybridized carbons (Fsp3) is 0.182. The first kappa shape index (κ1) is 17.8. The Balaban J connectivity index is 2.28. The Hall–Kier alpha value is -3.01. The van der Waals surface area contributed by atoms with E-state index in [4.69, 9.17) is 5.73 Å². The largest absolute Gasteiger partial charge is 0.366 e. The third-order valence-electron chi connectivity index (χ3n) is 4.36. The number of amides is 1. The molecule has 0 fully saturated rings. The molecule has 0 saturated heterocycles. The summed E-state index contributed by atoms with van der Waals surface area (Å²) < 4.78 is 14.8. The molecule has 0 atom stereocenters. The summed E-state index contributed by atoms with van der Waals surface area (Å²) in [5.41, 5.74) is 8.88. The van der Waals surface area contributed by atoms with Crippen LogP contribution in [0, 0.1) is 5.82 Å². The maximum Gasteiger partial charge on any atom is 0.250 e. The van der Waals surface area contributed by atoms with Crippen molar-refractivity contribution in [1.29, 1.82) is 0 Å². The number of nitrogens with zero attached hydrogens (tertiary/aromatic N) is 1. The number of halogens is 1. The van der Waals surface area contributed by atoms with Crippen LogP contribution in [0.5, 0.6) is 0 Å². The number of hydrogen-bond acceptors (Lipinski definition) is 2. The van der Waals surface area contributed by atoms with Gasteiger partial charge in [0.25, 0.3) is 5.91 Å². The summed E-state index contributed by atoms with van der Waals surface area (Å²) in [6.45, 7) is 6.33. The second kappa shape index (κ2) is 6.71. The molecule has 0 radical (unpaired) electrons. The van der Waals surface area contributed by atoms with E-state index in [1.165, 1.54) is 6.07 Å². The Kier molecular flexibility index (Phi) is 4.60. The average Bonchev–Trinajstić information content (AvgIpc) is 2.61. The van der Waals surface area contributed by atoms with Crippen molar-refractivity contribution in [1.82, 2.24) is 4.98 Å². The van der Waals surface area contributed by atoms with Crippen LogP contribution >= 0.6 is 0 Å². The lowest BCUT2D eigenvalue weighted by Crippen LogP contribution is -2.13. The number of rotatable bonds is 3.